The molecule has 0 aliphatic carbocycles. The van der Waals surface area contributed by atoms with Crippen LogP contribution in [0, 0.1) is 5.92 Å². The third-order valence-corrected chi connectivity index (χ3v) is 8.35. The molecule has 2 fully saturated rings. The van der Waals surface area contributed by atoms with Gasteiger partial charge in [0.2, 0.25) is 11.8 Å². The van der Waals surface area contributed by atoms with Gasteiger partial charge in [-0.25, -0.2) is 8.42 Å². The van der Waals surface area contributed by atoms with Crippen LogP contribution in [0.2, 0.25) is 0 Å². The molecule has 142 valence electrons. The maximum Gasteiger partial charge on any atom is 0.227 e. The van der Waals surface area contributed by atoms with Crippen LogP contribution in [-0.2, 0) is 25.8 Å². The Morgan fingerprint density at radius 2 is 1.88 bits per heavy atom. The first-order valence-corrected chi connectivity index (χ1v) is 10.8. The SMILES string of the molecule is CCN(CCc1ccccc1)C(=O)C1CCS(=O)(=O)C12CN(C(C)=O)C2. The molecule has 2 aliphatic heterocycles. The second-order valence-electron chi connectivity index (χ2n) is 7.25. The molecular weight excluding hydrogens is 352 g/mol. The molecule has 0 N–H and O–H groups in total. The Kier molecular flexibility index (Phi) is 5.10. The van der Waals surface area contributed by atoms with Gasteiger partial charge in [-0.1, -0.05) is 30.3 Å². The van der Waals surface area contributed by atoms with Crippen molar-refractivity contribution >= 4 is 21.7 Å². The number of likely N-dealkylation sites (N-methyl/N-ethyl adjacent to an activating group) is 1. The molecule has 2 amide bonds. The lowest BCUT2D eigenvalue weighted by atomic mass is 9.82. The minimum atomic E-state index is -3.36. The van der Waals surface area contributed by atoms with Crippen LogP contribution in [0.1, 0.15) is 25.8 Å². The zero-order chi connectivity index (χ0) is 18.9. The normalized spacial score (nSPS) is 22.8. The van der Waals surface area contributed by atoms with Gasteiger partial charge < -0.3 is 9.80 Å². The van der Waals surface area contributed by atoms with Crippen molar-refractivity contribution in [1.82, 2.24) is 9.80 Å². The van der Waals surface area contributed by atoms with Gasteiger partial charge in [0.25, 0.3) is 0 Å². The summed E-state index contributed by atoms with van der Waals surface area (Å²) in [5.74, 6) is -0.738. The fourth-order valence-electron chi connectivity index (χ4n) is 4.10. The molecule has 0 saturated carbocycles. The number of hydrogen-bond acceptors (Lipinski definition) is 4. The Labute approximate surface area is 155 Å². The molecule has 7 heteroatoms. The van der Waals surface area contributed by atoms with Gasteiger partial charge in [0.1, 0.15) is 4.75 Å². The fourth-order valence-corrected chi connectivity index (χ4v) is 6.41. The number of nitrogens with zero attached hydrogens (tertiary/aromatic N) is 2. The van der Waals surface area contributed by atoms with Gasteiger partial charge in [-0.2, -0.15) is 0 Å². The van der Waals surface area contributed by atoms with Crippen LogP contribution in [-0.4, -0.2) is 66.7 Å². The van der Waals surface area contributed by atoms with E-state index in [1.807, 2.05) is 37.3 Å². The number of carbonyl (C=O) groups excluding carboxylic acids is 2. The lowest BCUT2D eigenvalue weighted by Gasteiger charge is -2.49. The van der Waals surface area contributed by atoms with Crippen LogP contribution >= 0.6 is 0 Å². The van der Waals surface area contributed by atoms with Gasteiger partial charge in [-0.05, 0) is 25.3 Å². The van der Waals surface area contributed by atoms with Crippen LogP contribution in [0.4, 0.5) is 0 Å². The molecule has 1 spiro atoms. The molecule has 2 aliphatic rings. The van der Waals surface area contributed by atoms with Crippen molar-refractivity contribution in [3.63, 3.8) is 0 Å². The molecule has 0 aromatic heterocycles. The summed E-state index contributed by atoms with van der Waals surface area (Å²) >= 11 is 0. The second-order valence-corrected chi connectivity index (χ2v) is 9.70. The second kappa shape index (κ2) is 7.02. The molecule has 1 aromatic carbocycles. The number of amides is 2. The fraction of sp³-hybridized carbons (Fsp3) is 0.579. The summed E-state index contributed by atoms with van der Waals surface area (Å²) in [7, 11) is -3.36. The van der Waals surface area contributed by atoms with E-state index < -0.39 is 20.5 Å². The van der Waals surface area contributed by atoms with Crippen LogP contribution in [0.15, 0.2) is 30.3 Å². The predicted molar refractivity (Wildman–Crippen MR) is 99.3 cm³/mol. The van der Waals surface area contributed by atoms with Gasteiger partial charge in [0, 0.05) is 33.1 Å². The highest BCUT2D eigenvalue weighted by molar-refractivity contribution is 7.93. The quantitative estimate of drug-likeness (QED) is 0.769. The topological polar surface area (TPSA) is 74.8 Å². The highest BCUT2D eigenvalue weighted by atomic mass is 32.2. The Bertz CT molecular complexity index is 785. The van der Waals surface area contributed by atoms with Crippen molar-refractivity contribution in [1.29, 1.82) is 0 Å². The Balaban J connectivity index is 1.73. The first-order valence-electron chi connectivity index (χ1n) is 9.11. The van der Waals surface area contributed by atoms with Gasteiger partial charge >= 0.3 is 0 Å². The van der Waals surface area contributed by atoms with Crippen LogP contribution < -0.4 is 0 Å². The van der Waals surface area contributed by atoms with E-state index in [1.54, 1.807) is 4.90 Å². The molecule has 1 aromatic rings. The number of benzene rings is 1. The average molecular weight is 378 g/mol. The smallest absolute Gasteiger partial charge is 0.227 e. The van der Waals surface area contributed by atoms with Crippen molar-refractivity contribution in [3.05, 3.63) is 35.9 Å². The lowest BCUT2D eigenvalue weighted by Crippen LogP contribution is -2.69. The summed E-state index contributed by atoms with van der Waals surface area (Å²) < 4.78 is 24.2. The minimum Gasteiger partial charge on any atom is -0.342 e. The first-order chi connectivity index (χ1) is 12.3. The Morgan fingerprint density at radius 1 is 1.23 bits per heavy atom. The molecule has 26 heavy (non-hydrogen) atoms. The molecule has 6 nitrogen and oxygen atoms in total. The van der Waals surface area contributed by atoms with Gasteiger partial charge in [-0.3, -0.25) is 9.59 Å². The number of hydrogen-bond donors (Lipinski definition) is 0. The first kappa shape index (κ1) is 18.9. The predicted octanol–water partition coefficient (Wildman–Crippen LogP) is 1.11. The summed E-state index contributed by atoms with van der Waals surface area (Å²) in [6, 6.07) is 9.94. The van der Waals surface area contributed by atoms with Crippen LogP contribution in [0.5, 0.6) is 0 Å². The number of rotatable bonds is 5. The standard InChI is InChI=1S/C19H26N2O4S/c1-3-20(11-9-16-7-5-4-6-8-16)18(23)17-10-12-26(24,25)19(17)13-21(14-19)15(2)22/h4-8,17H,3,9-14H2,1-2H3. The molecule has 0 bridgehead atoms. The van der Waals surface area contributed by atoms with E-state index in [9.17, 15) is 18.0 Å². The van der Waals surface area contributed by atoms with Crippen molar-refractivity contribution < 1.29 is 18.0 Å². The molecule has 1 atom stereocenters. The van der Waals surface area contributed by atoms with E-state index >= 15 is 0 Å². The molecule has 3 rings (SSSR count). The Morgan fingerprint density at radius 3 is 2.46 bits per heavy atom. The molecule has 2 heterocycles. The summed E-state index contributed by atoms with van der Waals surface area (Å²) in [4.78, 5) is 27.9. The Hall–Kier alpha value is -1.89. The molecule has 2 saturated heterocycles. The van der Waals surface area contributed by atoms with E-state index in [-0.39, 0.29) is 30.7 Å². The highest BCUT2D eigenvalue weighted by Gasteiger charge is 2.64. The summed E-state index contributed by atoms with van der Waals surface area (Å²) in [6.45, 7) is 4.77. The maximum atomic E-state index is 13.1. The summed E-state index contributed by atoms with van der Waals surface area (Å²) in [5, 5.41) is 0. The maximum absolute atomic E-state index is 13.1. The summed E-state index contributed by atoms with van der Waals surface area (Å²) in [5.41, 5.74) is 1.15. The average Bonchev–Trinajstić information content (AvgIpc) is 2.85. The van der Waals surface area contributed by atoms with Gasteiger partial charge in [0.05, 0.1) is 11.7 Å². The number of likely N-dealkylation sites (tertiary alicyclic amines) is 1. The zero-order valence-corrected chi connectivity index (χ0v) is 16.2. The van der Waals surface area contributed by atoms with E-state index in [4.69, 9.17) is 0 Å². The number of sulfone groups is 1. The monoisotopic (exact) mass is 378 g/mol. The van der Waals surface area contributed by atoms with E-state index in [0.717, 1.165) is 12.0 Å². The van der Waals surface area contributed by atoms with Crippen molar-refractivity contribution in [2.24, 2.45) is 5.92 Å². The van der Waals surface area contributed by atoms with Crippen molar-refractivity contribution in [3.8, 4) is 0 Å². The van der Waals surface area contributed by atoms with Gasteiger partial charge in [-0.15, -0.1) is 0 Å². The minimum absolute atomic E-state index is 0.0331. The van der Waals surface area contributed by atoms with Crippen LogP contribution in [0.3, 0.4) is 0 Å². The summed E-state index contributed by atoms with van der Waals surface area (Å²) in [6.07, 6.45) is 1.10. The van der Waals surface area contributed by atoms with E-state index in [2.05, 4.69) is 0 Å². The van der Waals surface area contributed by atoms with Crippen LogP contribution in [0.25, 0.3) is 0 Å². The largest absolute Gasteiger partial charge is 0.342 e. The third-order valence-electron chi connectivity index (χ3n) is 5.80. The molecular formula is C19H26N2O4S. The van der Waals surface area contributed by atoms with Crippen molar-refractivity contribution in [2.45, 2.75) is 31.4 Å². The lowest BCUT2D eigenvalue weighted by molar-refractivity contribution is -0.143. The number of carbonyl (C=O) groups is 2. The third kappa shape index (κ3) is 3.13. The molecule has 0 radical (unpaired) electrons. The van der Waals surface area contributed by atoms with E-state index in [0.29, 0.717) is 19.5 Å². The molecule has 1 unspecified atom stereocenters. The van der Waals surface area contributed by atoms with Crippen molar-refractivity contribution in [2.75, 3.05) is 31.9 Å². The highest BCUT2D eigenvalue weighted by Crippen LogP contribution is 2.45. The zero-order valence-electron chi connectivity index (χ0n) is 15.3. The van der Waals surface area contributed by atoms with Gasteiger partial charge in [0.15, 0.2) is 9.84 Å². The van der Waals surface area contributed by atoms with E-state index in [1.165, 1.54) is 11.8 Å².